The molecular weight excluding hydrogens is 483 g/mol. The van der Waals surface area contributed by atoms with Crippen molar-refractivity contribution in [3.05, 3.63) is 59.1 Å². The summed E-state index contributed by atoms with van der Waals surface area (Å²) in [6, 6.07) is 9.60. The molecule has 2 aromatic carbocycles. The van der Waals surface area contributed by atoms with E-state index < -0.39 is 44.5 Å². The summed E-state index contributed by atoms with van der Waals surface area (Å²) in [6.45, 7) is -0.0195. The number of piperazine rings is 1. The monoisotopic (exact) mass is 501 g/mol. The Kier molecular flexibility index (Phi) is 6.25. The first kappa shape index (κ1) is 23.7. The van der Waals surface area contributed by atoms with E-state index in [1.54, 1.807) is 23.1 Å². The molecule has 7 nitrogen and oxygen atoms in total. The molecule has 1 atom stereocenters. The van der Waals surface area contributed by atoms with E-state index in [-0.39, 0.29) is 32.6 Å². The lowest BCUT2D eigenvalue weighted by Crippen LogP contribution is -2.53. The highest BCUT2D eigenvalue weighted by molar-refractivity contribution is 7.89. The number of nitrogens with zero attached hydrogens (tertiary/aromatic N) is 3. The molecule has 0 N–H and O–H groups in total. The number of amides is 2. The normalized spacial score (nSPS) is 21.1. The van der Waals surface area contributed by atoms with Crippen LogP contribution in [-0.4, -0.2) is 61.7 Å². The van der Waals surface area contributed by atoms with Crippen LogP contribution in [-0.2, 0) is 25.8 Å². The minimum absolute atomic E-state index is 0.0744. The molecule has 0 unspecified atom stereocenters. The van der Waals surface area contributed by atoms with Crippen LogP contribution in [0.4, 0.5) is 18.9 Å². The third-order valence-electron chi connectivity index (χ3n) is 5.71. The Morgan fingerprint density at radius 2 is 1.61 bits per heavy atom. The van der Waals surface area contributed by atoms with Crippen molar-refractivity contribution in [1.29, 1.82) is 0 Å². The van der Waals surface area contributed by atoms with Gasteiger partial charge in [-0.3, -0.25) is 14.5 Å². The van der Waals surface area contributed by atoms with E-state index in [4.69, 9.17) is 11.6 Å². The molecule has 0 aromatic heterocycles. The lowest BCUT2D eigenvalue weighted by atomic mass is 10.2. The molecule has 2 saturated heterocycles. The second-order valence-corrected chi connectivity index (χ2v) is 10.0. The van der Waals surface area contributed by atoms with Crippen LogP contribution >= 0.6 is 11.6 Å². The molecule has 2 heterocycles. The van der Waals surface area contributed by atoms with Gasteiger partial charge in [0.1, 0.15) is 0 Å². The highest BCUT2D eigenvalue weighted by atomic mass is 35.5. The average molecular weight is 502 g/mol. The van der Waals surface area contributed by atoms with Gasteiger partial charge in [0.2, 0.25) is 15.9 Å². The van der Waals surface area contributed by atoms with Crippen molar-refractivity contribution < 1.29 is 31.2 Å². The molecule has 0 aliphatic carbocycles. The second kappa shape index (κ2) is 8.71. The largest absolute Gasteiger partial charge is 0.417 e. The summed E-state index contributed by atoms with van der Waals surface area (Å²) in [5.74, 6) is -0.845. The van der Waals surface area contributed by atoms with E-state index in [1.165, 1.54) is 12.1 Å². The van der Waals surface area contributed by atoms with E-state index in [1.807, 2.05) is 0 Å². The molecule has 2 amide bonds. The zero-order chi connectivity index (χ0) is 24.0. The van der Waals surface area contributed by atoms with Gasteiger partial charge in [0.05, 0.1) is 28.6 Å². The van der Waals surface area contributed by atoms with Gasteiger partial charge in [-0.25, -0.2) is 13.3 Å². The van der Waals surface area contributed by atoms with Gasteiger partial charge in [0.25, 0.3) is 5.91 Å². The zero-order valence-corrected chi connectivity index (χ0v) is 18.7. The molecule has 0 bridgehead atoms. The number of carbonyl (C=O) groups excluding carboxylic acids is 2. The third-order valence-corrected chi connectivity index (χ3v) is 7.91. The van der Waals surface area contributed by atoms with Crippen molar-refractivity contribution in [1.82, 2.24) is 9.21 Å². The highest BCUT2D eigenvalue weighted by Gasteiger charge is 2.45. The summed E-state index contributed by atoms with van der Waals surface area (Å²) in [5, 5.41) is 0.370. The molecule has 0 saturated carbocycles. The first-order valence-electron chi connectivity index (χ1n) is 10.0. The van der Waals surface area contributed by atoms with E-state index in [9.17, 15) is 31.2 Å². The van der Waals surface area contributed by atoms with Crippen LogP contribution in [0.15, 0.2) is 53.4 Å². The van der Waals surface area contributed by atoms with Crippen molar-refractivity contribution in [3.8, 4) is 0 Å². The number of benzene rings is 2. The number of rotatable bonds is 4. The summed E-state index contributed by atoms with van der Waals surface area (Å²) in [6.07, 6.45) is -4.89. The number of hydrogen-bond donors (Lipinski definition) is 0. The smallest absolute Gasteiger partial charge is 0.289 e. The number of imide groups is 1. The lowest BCUT2D eigenvalue weighted by molar-refractivity contribution is -0.140. The van der Waals surface area contributed by atoms with Crippen molar-refractivity contribution >= 4 is 39.1 Å². The van der Waals surface area contributed by atoms with Gasteiger partial charge in [-0.1, -0.05) is 29.8 Å². The van der Waals surface area contributed by atoms with E-state index in [2.05, 4.69) is 0 Å². The Balaban J connectivity index is 1.49. The predicted molar refractivity (Wildman–Crippen MR) is 114 cm³/mol. The fourth-order valence-corrected chi connectivity index (χ4v) is 5.93. The maximum Gasteiger partial charge on any atom is 0.417 e. The van der Waals surface area contributed by atoms with Crippen molar-refractivity contribution in [2.24, 2.45) is 0 Å². The number of halogens is 4. The molecule has 4 rings (SSSR count). The van der Waals surface area contributed by atoms with Crippen LogP contribution in [0, 0.1) is 0 Å². The topological polar surface area (TPSA) is 78.0 Å². The van der Waals surface area contributed by atoms with Gasteiger partial charge in [-0.2, -0.15) is 17.5 Å². The molecule has 0 spiro atoms. The van der Waals surface area contributed by atoms with Crippen molar-refractivity contribution in [3.63, 3.8) is 0 Å². The molecule has 2 aliphatic rings. The lowest BCUT2D eigenvalue weighted by Gasteiger charge is -2.36. The minimum Gasteiger partial charge on any atom is -0.289 e. The molecule has 2 aliphatic heterocycles. The molecule has 12 heteroatoms. The van der Waals surface area contributed by atoms with E-state index in [0.717, 1.165) is 27.4 Å². The van der Waals surface area contributed by atoms with Gasteiger partial charge < -0.3 is 0 Å². The highest BCUT2D eigenvalue weighted by Crippen LogP contribution is 2.35. The Bertz CT molecular complexity index is 1200. The first-order valence-corrected chi connectivity index (χ1v) is 11.8. The Morgan fingerprint density at radius 3 is 2.24 bits per heavy atom. The number of sulfonamides is 1. The fourth-order valence-electron chi connectivity index (χ4n) is 4.11. The number of hydrogen-bond acceptors (Lipinski definition) is 5. The van der Waals surface area contributed by atoms with Crippen LogP contribution in [0.3, 0.4) is 0 Å². The van der Waals surface area contributed by atoms with Crippen molar-refractivity contribution in [2.75, 3.05) is 31.1 Å². The summed E-state index contributed by atoms with van der Waals surface area (Å²) >= 11 is 5.96. The van der Waals surface area contributed by atoms with Gasteiger partial charge in [0, 0.05) is 31.2 Å². The van der Waals surface area contributed by atoms with E-state index in [0.29, 0.717) is 10.7 Å². The van der Waals surface area contributed by atoms with Crippen LogP contribution in [0.25, 0.3) is 0 Å². The number of anilines is 1. The van der Waals surface area contributed by atoms with Gasteiger partial charge >= 0.3 is 6.18 Å². The van der Waals surface area contributed by atoms with Gasteiger partial charge in [0.15, 0.2) is 0 Å². The van der Waals surface area contributed by atoms with Gasteiger partial charge in [-0.15, -0.1) is 0 Å². The molecular formula is C21H19ClF3N3O4S. The zero-order valence-electron chi connectivity index (χ0n) is 17.1. The van der Waals surface area contributed by atoms with Crippen LogP contribution in [0.2, 0.25) is 5.02 Å². The second-order valence-electron chi connectivity index (χ2n) is 7.70. The van der Waals surface area contributed by atoms with Crippen LogP contribution in [0.1, 0.15) is 12.0 Å². The summed E-state index contributed by atoms with van der Waals surface area (Å²) in [4.78, 5) is 27.4. The predicted octanol–water partition coefficient (Wildman–Crippen LogP) is 3.00. The minimum atomic E-state index is -4.81. The standard InChI is InChI=1S/C21H19ClF3N3O4S/c22-14-4-3-5-15(12-14)28-19(29)13-17(20(28)30)26-8-10-27(11-9-26)33(31,32)18-7-2-1-6-16(18)21(23,24)25/h1-7,12,17H,8-11,13H2/t17-/m0/s1. The Labute approximate surface area is 193 Å². The van der Waals surface area contributed by atoms with Crippen LogP contribution in [0.5, 0.6) is 0 Å². The quantitative estimate of drug-likeness (QED) is 0.602. The summed E-state index contributed by atoms with van der Waals surface area (Å²) < 4.78 is 66.8. The van der Waals surface area contributed by atoms with E-state index >= 15 is 0 Å². The molecule has 176 valence electrons. The third kappa shape index (κ3) is 4.50. The SMILES string of the molecule is O=C1C[C@H](N2CCN(S(=O)(=O)c3ccccc3C(F)(F)F)CC2)C(=O)N1c1cccc(Cl)c1. The maximum absolute atomic E-state index is 13.3. The Hall–Kier alpha value is -2.47. The molecule has 2 fully saturated rings. The fraction of sp³-hybridized carbons (Fsp3) is 0.333. The number of alkyl halides is 3. The van der Waals surface area contributed by atoms with Crippen molar-refractivity contribution in [2.45, 2.75) is 23.5 Å². The molecule has 0 radical (unpaired) electrons. The molecule has 2 aromatic rings. The van der Waals surface area contributed by atoms with Gasteiger partial charge in [-0.05, 0) is 30.3 Å². The first-order chi connectivity index (χ1) is 15.5. The summed E-state index contributed by atoms with van der Waals surface area (Å²) in [7, 11) is -4.40. The van der Waals surface area contributed by atoms with Crippen LogP contribution < -0.4 is 4.90 Å². The number of carbonyl (C=O) groups is 2. The molecule has 33 heavy (non-hydrogen) atoms. The summed E-state index contributed by atoms with van der Waals surface area (Å²) in [5.41, 5.74) is -0.869. The average Bonchev–Trinajstić information content (AvgIpc) is 3.07. The Morgan fingerprint density at radius 1 is 0.939 bits per heavy atom. The maximum atomic E-state index is 13.3.